The summed E-state index contributed by atoms with van der Waals surface area (Å²) in [6.07, 6.45) is 1.18. The molecule has 2 unspecified atom stereocenters. The van der Waals surface area contributed by atoms with Crippen molar-refractivity contribution in [2.75, 3.05) is 0 Å². The van der Waals surface area contributed by atoms with Gasteiger partial charge in [0.05, 0.1) is 0 Å². The lowest BCUT2D eigenvalue weighted by molar-refractivity contribution is 0.602. The monoisotopic (exact) mass is 192 g/mol. The first-order valence-electron chi connectivity index (χ1n) is 5.25. The van der Waals surface area contributed by atoms with Gasteiger partial charge in [-0.25, -0.2) is 0 Å². The summed E-state index contributed by atoms with van der Waals surface area (Å²) in [6.45, 7) is 6.51. The van der Waals surface area contributed by atoms with Crippen molar-refractivity contribution in [3.8, 4) is 0 Å². The zero-order valence-electron chi connectivity index (χ0n) is 9.25. The Morgan fingerprint density at radius 3 is 2.07 bits per heavy atom. The maximum Gasteiger partial charge on any atom is 0.0431 e. The molecule has 0 aliphatic carbocycles. The van der Waals surface area contributed by atoms with Gasteiger partial charge in [-0.05, 0) is 30.4 Å². The molecular weight excluding hydrogens is 172 g/mol. The minimum Gasteiger partial charge on any atom is -0.271 e. The van der Waals surface area contributed by atoms with Crippen LogP contribution in [0.1, 0.15) is 50.3 Å². The Hall–Kier alpha value is -0.860. The lowest BCUT2D eigenvalue weighted by atomic mass is 9.96. The van der Waals surface area contributed by atoms with Gasteiger partial charge >= 0.3 is 0 Å². The Balaban J connectivity index is 2.78. The number of nitrogens with one attached hydrogen (secondary N) is 1. The third kappa shape index (κ3) is 2.56. The molecule has 78 valence electrons. The van der Waals surface area contributed by atoms with E-state index in [0.29, 0.717) is 5.92 Å². The van der Waals surface area contributed by atoms with Gasteiger partial charge in [0.15, 0.2) is 0 Å². The molecule has 14 heavy (non-hydrogen) atoms. The van der Waals surface area contributed by atoms with E-state index in [1.165, 1.54) is 17.5 Å². The number of benzene rings is 1. The fourth-order valence-electron chi connectivity index (χ4n) is 1.45. The number of hydrogen-bond acceptors (Lipinski definition) is 2. The zero-order valence-corrected chi connectivity index (χ0v) is 9.25. The number of rotatable bonds is 4. The predicted octanol–water partition coefficient (Wildman–Crippen LogP) is 2.72. The molecule has 2 atom stereocenters. The second-order valence-corrected chi connectivity index (χ2v) is 3.86. The van der Waals surface area contributed by atoms with E-state index in [1.807, 2.05) is 0 Å². The van der Waals surface area contributed by atoms with Crippen LogP contribution >= 0.6 is 0 Å². The first-order valence-corrected chi connectivity index (χ1v) is 5.25. The summed E-state index contributed by atoms with van der Waals surface area (Å²) in [4.78, 5) is 0. The first kappa shape index (κ1) is 11.2. The van der Waals surface area contributed by atoms with E-state index in [1.54, 1.807) is 0 Å². The van der Waals surface area contributed by atoms with Crippen LogP contribution in [0.5, 0.6) is 0 Å². The standard InChI is InChI=1S/C12H20N2/c1-4-9(2)11-5-7-12(8-6-11)10(3)14-13/h5-10,14H,4,13H2,1-3H3. The van der Waals surface area contributed by atoms with Gasteiger partial charge in [0, 0.05) is 6.04 Å². The third-order valence-corrected chi connectivity index (χ3v) is 2.87. The van der Waals surface area contributed by atoms with Crippen LogP contribution in [0, 0.1) is 0 Å². The van der Waals surface area contributed by atoms with Gasteiger partial charge in [0.25, 0.3) is 0 Å². The van der Waals surface area contributed by atoms with Crippen LogP contribution in [-0.4, -0.2) is 0 Å². The molecule has 0 spiro atoms. The molecule has 1 aromatic rings. The first-order chi connectivity index (χ1) is 6.69. The van der Waals surface area contributed by atoms with Gasteiger partial charge in [-0.1, -0.05) is 38.1 Å². The van der Waals surface area contributed by atoms with Gasteiger partial charge in [0.2, 0.25) is 0 Å². The van der Waals surface area contributed by atoms with Crippen molar-refractivity contribution in [3.63, 3.8) is 0 Å². The summed E-state index contributed by atoms with van der Waals surface area (Å²) in [7, 11) is 0. The second-order valence-electron chi connectivity index (χ2n) is 3.86. The van der Waals surface area contributed by atoms with Crippen molar-refractivity contribution in [1.29, 1.82) is 0 Å². The average Bonchev–Trinajstić information content (AvgIpc) is 2.27. The maximum atomic E-state index is 5.38. The molecule has 0 heterocycles. The van der Waals surface area contributed by atoms with Gasteiger partial charge in [0.1, 0.15) is 0 Å². The van der Waals surface area contributed by atoms with Crippen LogP contribution in [0.3, 0.4) is 0 Å². The van der Waals surface area contributed by atoms with Gasteiger partial charge in [-0.3, -0.25) is 11.3 Å². The Labute approximate surface area is 86.5 Å². The average molecular weight is 192 g/mol. The molecule has 2 nitrogen and oxygen atoms in total. The van der Waals surface area contributed by atoms with Crippen LogP contribution < -0.4 is 11.3 Å². The predicted molar refractivity (Wildman–Crippen MR) is 60.9 cm³/mol. The normalized spacial score (nSPS) is 15.1. The smallest absolute Gasteiger partial charge is 0.0431 e. The van der Waals surface area contributed by atoms with E-state index in [4.69, 9.17) is 5.84 Å². The summed E-state index contributed by atoms with van der Waals surface area (Å²) in [6, 6.07) is 8.90. The maximum absolute atomic E-state index is 5.38. The van der Waals surface area contributed by atoms with E-state index in [2.05, 4.69) is 50.5 Å². The number of hydrogen-bond donors (Lipinski definition) is 2. The Morgan fingerprint density at radius 2 is 1.64 bits per heavy atom. The topological polar surface area (TPSA) is 38.0 Å². The molecule has 0 aliphatic rings. The van der Waals surface area contributed by atoms with Gasteiger partial charge in [-0.15, -0.1) is 0 Å². The van der Waals surface area contributed by atoms with Crippen LogP contribution in [0.25, 0.3) is 0 Å². The quantitative estimate of drug-likeness (QED) is 0.568. The second kappa shape index (κ2) is 5.13. The van der Waals surface area contributed by atoms with Crippen molar-refractivity contribution < 1.29 is 0 Å². The highest BCUT2D eigenvalue weighted by atomic mass is 15.2. The highest BCUT2D eigenvalue weighted by Gasteiger charge is 2.05. The lowest BCUT2D eigenvalue weighted by Crippen LogP contribution is -2.25. The zero-order chi connectivity index (χ0) is 10.6. The van der Waals surface area contributed by atoms with Crippen LogP contribution in [-0.2, 0) is 0 Å². The third-order valence-electron chi connectivity index (χ3n) is 2.87. The van der Waals surface area contributed by atoms with E-state index < -0.39 is 0 Å². The van der Waals surface area contributed by atoms with Crippen molar-refractivity contribution >= 4 is 0 Å². The number of hydrazine groups is 1. The van der Waals surface area contributed by atoms with Crippen molar-refractivity contribution in [2.45, 2.75) is 39.2 Å². The van der Waals surface area contributed by atoms with E-state index in [0.717, 1.165) is 0 Å². The summed E-state index contributed by atoms with van der Waals surface area (Å²) >= 11 is 0. The van der Waals surface area contributed by atoms with Crippen molar-refractivity contribution in [1.82, 2.24) is 5.43 Å². The van der Waals surface area contributed by atoms with E-state index >= 15 is 0 Å². The summed E-state index contributed by atoms with van der Waals surface area (Å²) in [5.74, 6) is 6.02. The Morgan fingerprint density at radius 1 is 1.14 bits per heavy atom. The lowest BCUT2D eigenvalue weighted by Gasteiger charge is -2.13. The Kier molecular flexibility index (Phi) is 4.11. The van der Waals surface area contributed by atoms with Crippen molar-refractivity contribution in [2.24, 2.45) is 5.84 Å². The Bertz CT molecular complexity index is 237. The highest BCUT2D eigenvalue weighted by molar-refractivity contribution is 5.26. The van der Waals surface area contributed by atoms with E-state index in [9.17, 15) is 0 Å². The van der Waals surface area contributed by atoms with Crippen molar-refractivity contribution in [3.05, 3.63) is 35.4 Å². The molecule has 1 aromatic carbocycles. The molecule has 0 saturated carbocycles. The fourth-order valence-corrected chi connectivity index (χ4v) is 1.45. The molecule has 3 N–H and O–H groups in total. The van der Waals surface area contributed by atoms with E-state index in [-0.39, 0.29) is 6.04 Å². The molecule has 0 bridgehead atoms. The highest BCUT2D eigenvalue weighted by Crippen LogP contribution is 2.20. The molecule has 0 aliphatic heterocycles. The summed E-state index contributed by atoms with van der Waals surface area (Å²) in [5.41, 5.74) is 5.38. The number of nitrogens with two attached hydrogens (primary N) is 1. The fraction of sp³-hybridized carbons (Fsp3) is 0.500. The molecule has 0 fully saturated rings. The summed E-state index contributed by atoms with van der Waals surface area (Å²) in [5, 5.41) is 0. The minimum atomic E-state index is 0.223. The van der Waals surface area contributed by atoms with Crippen LogP contribution in [0.15, 0.2) is 24.3 Å². The molecule has 2 heteroatoms. The van der Waals surface area contributed by atoms with Crippen LogP contribution in [0.4, 0.5) is 0 Å². The molecular formula is C12H20N2. The molecule has 0 amide bonds. The molecule has 0 aromatic heterocycles. The van der Waals surface area contributed by atoms with Crippen LogP contribution in [0.2, 0.25) is 0 Å². The molecule has 0 saturated heterocycles. The SMILES string of the molecule is CCC(C)c1ccc(C(C)NN)cc1. The summed E-state index contributed by atoms with van der Waals surface area (Å²) < 4.78 is 0. The minimum absolute atomic E-state index is 0.223. The largest absolute Gasteiger partial charge is 0.271 e. The van der Waals surface area contributed by atoms with Gasteiger partial charge < -0.3 is 0 Å². The van der Waals surface area contributed by atoms with Gasteiger partial charge in [-0.2, -0.15) is 0 Å². The molecule has 1 rings (SSSR count). The molecule has 0 radical (unpaired) electrons.